The van der Waals surface area contributed by atoms with E-state index in [-0.39, 0.29) is 17.0 Å². The predicted octanol–water partition coefficient (Wildman–Crippen LogP) is 2.98. The number of hydrogen-bond acceptors (Lipinski definition) is 0. The van der Waals surface area contributed by atoms with Gasteiger partial charge < -0.3 is 17.0 Å². The first-order chi connectivity index (χ1) is 8.24. The van der Waals surface area contributed by atoms with E-state index < -0.39 is 7.26 Å². The van der Waals surface area contributed by atoms with Gasteiger partial charge in [-0.15, -0.1) is 6.58 Å². The number of rotatable bonds is 12. The van der Waals surface area contributed by atoms with E-state index in [0.717, 1.165) is 0 Å². The third kappa shape index (κ3) is 9.56. The molecule has 0 bridgehead atoms. The number of hydrogen-bond donors (Lipinski definition) is 0. The first-order valence-electron chi connectivity index (χ1n) is 7.70. The quantitative estimate of drug-likeness (QED) is 0.379. The highest BCUT2D eigenvalue weighted by Gasteiger charge is 2.34. The highest BCUT2D eigenvalue weighted by atomic mass is 79.9. The van der Waals surface area contributed by atoms with Crippen molar-refractivity contribution < 1.29 is 17.0 Å². The van der Waals surface area contributed by atoms with Crippen molar-refractivity contribution in [2.75, 3.05) is 24.6 Å². The molecule has 0 aliphatic carbocycles. The van der Waals surface area contributed by atoms with E-state index >= 15 is 0 Å². The first-order valence-corrected chi connectivity index (χ1v) is 10.2. The van der Waals surface area contributed by atoms with E-state index in [1.54, 1.807) is 18.5 Å². The molecule has 0 unspecified atom stereocenters. The summed E-state index contributed by atoms with van der Waals surface area (Å²) in [5.41, 5.74) is 0. The molecule has 18 heavy (non-hydrogen) atoms. The van der Waals surface area contributed by atoms with Crippen LogP contribution < -0.4 is 17.0 Å². The Morgan fingerprint density at radius 1 is 0.778 bits per heavy atom. The van der Waals surface area contributed by atoms with Crippen LogP contribution in [0.15, 0.2) is 12.7 Å². The second kappa shape index (κ2) is 14.1. The monoisotopic (exact) mass is 336 g/mol. The van der Waals surface area contributed by atoms with Crippen LogP contribution in [-0.2, 0) is 0 Å². The standard InChI is InChI=1S/C16H34P.BrH/c1-5-9-13-17(14-10-6-2,15-11-7-3)16-12-8-4;/h5H,1,6-16H2,2-4H3;1H/q+1;/p-1. The molecule has 0 aromatic heterocycles. The van der Waals surface area contributed by atoms with Gasteiger partial charge in [-0.2, -0.15) is 0 Å². The lowest BCUT2D eigenvalue weighted by atomic mass is 10.4. The molecule has 0 heterocycles. The molecule has 0 saturated heterocycles. The molecule has 0 saturated carbocycles. The molecule has 0 atom stereocenters. The fraction of sp³-hybridized carbons (Fsp3) is 0.875. The fourth-order valence-corrected chi connectivity index (χ4v) is 7.55. The maximum atomic E-state index is 3.92. The Kier molecular flexibility index (Phi) is 16.4. The Morgan fingerprint density at radius 3 is 1.44 bits per heavy atom. The van der Waals surface area contributed by atoms with Crippen LogP contribution in [0.2, 0.25) is 0 Å². The van der Waals surface area contributed by atoms with Crippen LogP contribution in [0.25, 0.3) is 0 Å². The molecule has 0 radical (unpaired) electrons. The molecule has 0 aliphatic heterocycles. The normalized spacial score (nSPS) is 11.1. The van der Waals surface area contributed by atoms with Crippen LogP contribution in [0.3, 0.4) is 0 Å². The van der Waals surface area contributed by atoms with Gasteiger partial charge in [0.15, 0.2) is 0 Å². The smallest absolute Gasteiger partial charge is 0.0628 e. The summed E-state index contributed by atoms with van der Waals surface area (Å²) in [5.74, 6) is 0. The zero-order chi connectivity index (χ0) is 13.0. The number of halogens is 1. The summed E-state index contributed by atoms with van der Waals surface area (Å²) < 4.78 is 0. The maximum absolute atomic E-state index is 3.92. The molecule has 110 valence electrons. The molecule has 0 rings (SSSR count). The second-order valence-electron chi connectivity index (χ2n) is 5.37. The van der Waals surface area contributed by atoms with Crippen molar-refractivity contribution in [1.82, 2.24) is 0 Å². The molecule has 0 spiro atoms. The number of allylic oxidation sites excluding steroid dienone is 1. The van der Waals surface area contributed by atoms with Gasteiger partial charge >= 0.3 is 0 Å². The molecule has 0 amide bonds. The average molecular weight is 337 g/mol. The van der Waals surface area contributed by atoms with Crippen molar-refractivity contribution in [3.05, 3.63) is 12.7 Å². The lowest BCUT2D eigenvalue weighted by Crippen LogP contribution is -3.00. The van der Waals surface area contributed by atoms with Crippen molar-refractivity contribution >= 4 is 7.26 Å². The summed E-state index contributed by atoms with van der Waals surface area (Å²) in [7, 11) is -0.634. The van der Waals surface area contributed by atoms with E-state index in [4.69, 9.17) is 0 Å². The molecular formula is C16H34BrP. The Balaban J connectivity index is 0. The van der Waals surface area contributed by atoms with Gasteiger partial charge in [0.2, 0.25) is 0 Å². The Morgan fingerprint density at radius 2 is 1.17 bits per heavy atom. The highest BCUT2D eigenvalue weighted by molar-refractivity contribution is 7.75. The van der Waals surface area contributed by atoms with Gasteiger partial charge in [-0.25, -0.2) is 0 Å². The minimum atomic E-state index is -0.634. The minimum Gasteiger partial charge on any atom is -1.00 e. The van der Waals surface area contributed by atoms with Gasteiger partial charge in [-0.3, -0.25) is 0 Å². The summed E-state index contributed by atoms with van der Waals surface area (Å²) in [6, 6.07) is 0. The zero-order valence-corrected chi connectivity index (χ0v) is 15.4. The van der Waals surface area contributed by atoms with E-state index in [9.17, 15) is 0 Å². The lowest BCUT2D eigenvalue weighted by Gasteiger charge is -2.27. The maximum Gasteiger partial charge on any atom is 0.0628 e. The molecular weight excluding hydrogens is 303 g/mol. The van der Waals surface area contributed by atoms with E-state index in [1.807, 2.05) is 0 Å². The van der Waals surface area contributed by atoms with Crippen LogP contribution in [0.1, 0.15) is 65.7 Å². The fourth-order valence-electron chi connectivity index (χ4n) is 2.52. The largest absolute Gasteiger partial charge is 1.00 e. The van der Waals surface area contributed by atoms with Gasteiger partial charge in [-0.05, 0) is 25.7 Å². The van der Waals surface area contributed by atoms with E-state index in [2.05, 4.69) is 33.4 Å². The highest BCUT2D eigenvalue weighted by Crippen LogP contribution is 2.61. The Hall–Kier alpha value is 0.650. The van der Waals surface area contributed by atoms with E-state index in [0.29, 0.717) is 0 Å². The summed E-state index contributed by atoms with van der Waals surface area (Å²) >= 11 is 0. The molecule has 0 aromatic rings. The minimum absolute atomic E-state index is 0. The Labute approximate surface area is 127 Å². The van der Waals surface area contributed by atoms with Gasteiger partial charge in [0, 0.05) is 7.26 Å². The lowest BCUT2D eigenvalue weighted by molar-refractivity contribution is -0.00000394. The topological polar surface area (TPSA) is 0 Å². The van der Waals surface area contributed by atoms with Crippen LogP contribution in [0.5, 0.6) is 0 Å². The summed E-state index contributed by atoms with van der Waals surface area (Å²) in [5, 5.41) is 0. The van der Waals surface area contributed by atoms with Gasteiger partial charge in [-0.1, -0.05) is 46.1 Å². The molecule has 0 aromatic carbocycles. The van der Waals surface area contributed by atoms with Crippen molar-refractivity contribution in [1.29, 1.82) is 0 Å². The van der Waals surface area contributed by atoms with Crippen molar-refractivity contribution in [2.24, 2.45) is 0 Å². The molecule has 2 heteroatoms. The van der Waals surface area contributed by atoms with Crippen LogP contribution in [0.4, 0.5) is 0 Å². The van der Waals surface area contributed by atoms with Gasteiger partial charge in [0.05, 0.1) is 24.6 Å². The van der Waals surface area contributed by atoms with E-state index in [1.165, 1.54) is 51.1 Å². The van der Waals surface area contributed by atoms with Crippen molar-refractivity contribution in [2.45, 2.75) is 65.7 Å². The molecule has 0 aliphatic rings. The van der Waals surface area contributed by atoms with Gasteiger partial charge in [0.1, 0.15) is 0 Å². The van der Waals surface area contributed by atoms with Gasteiger partial charge in [0.25, 0.3) is 0 Å². The second-order valence-corrected chi connectivity index (χ2v) is 9.85. The third-order valence-corrected chi connectivity index (χ3v) is 8.77. The van der Waals surface area contributed by atoms with Crippen LogP contribution in [-0.4, -0.2) is 24.6 Å². The van der Waals surface area contributed by atoms with Crippen LogP contribution >= 0.6 is 7.26 Å². The third-order valence-electron chi connectivity index (χ3n) is 3.77. The number of unbranched alkanes of at least 4 members (excludes halogenated alkanes) is 3. The molecule has 0 fully saturated rings. The summed E-state index contributed by atoms with van der Waals surface area (Å²) in [6.45, 7) is 10.9. The van der Waals surface area contributed by atoms with Crippen LogP contribution in [0, 0.1) is 0 Å². The molecule has 0 N–H and O–H groups in total. The van der Waals surface area contributed by atoms with Crippen molar-refractivity contribution in [3.8, 4) is 0 Å². The summed E-state index contributed by atoms with van der Waals surface area (Å²) in [4.78, 5) is 0. The first kappa shape index (κ1) is 21.0. The Bertz CT molecular complexity index is 158. The van der Waals surface area contributed by atoms with Crippen molar-refractivity contribution in [3.63, 3.8) is 0 Å². The zero-order valence-electron chi connectivity index (χ0n) is 12.9. The molecule has 0 nitrogen and oxygen atoms in total. The SMILES string of the molecule is C=CCC[P+](CCCC)(CCCC)CCCC.[Br-]. The predicted molar refractivity (Wildman–Crippen MR) is 85.9 cm³/mol. The average Bonchev–Trinajstić information content (AvgIpc) is 2.37. The summed E-state index contributed by atoms with van der Waals surface area (Å²) in [6.07, 6.45) is 18.0.